The van der Waals surface area contributed by atoms with Gasteiger partial charge in [0.15, 0.2) is 0 Å². The van der Waals surface area contributed by atoms with Gasteiger partial charge < -0.3 is 20.1 Å². The molecule has 6 heteroatoms. The van der Waals surface area contributed by atoms with Gasteiger partial charge in [-0.1, -0.05) is 13.8 Å². The Hall–Kier alpha value is -1.14. The molecule has 1 amide bonds. The topological polar surface area (TPSA) is 81.9 Å². The van der Waals surface area contributed by atoms with Gasteiger partial charge in [0.1, 0.15) is 0 Å². The maximum Gasteiger partial charge on any atom is 0.307 e. The van der Waals surface area contributed by atoms with Crippen LogP contribution in [-0.4, -0.2) is 56.7 Å². The van der Waals surface area contributed by atoms with E-state index in [-0.39, 0.29) is 18.3 Å². The lowest BCUT2D eigenvalue weighted by Gasteiger charge is -2.27. The molecule has 6 nitrogen and oxygen atoms in total. The van der Waals surface area contributed by atoms with Crippen LogP contribution >= 0.6 is 0 Å². The van der Waals surface area contributed by atoms with Crippen LogP contribution in [0.3, 0.4) is 0 Å². The molecule has 0 aliphatic heterocycles. The van der Waals surface area contributed by atoms with Crippen LogP contribution in [0.5, 0.6) is 0 Å². The molecule has 112 valence electrons. The van der Waals surface area contributed by atoms with Crippen molar-refractivity contribution in [1.29, 1.82) is 0 Å². The number of carbonyl (C=O) groups excluding carboxylic acids is 2. The van der Waals surface area contributed by atoms with E-state index in [1.54, 1.807) is 12.0 Å². The quantitative estimate of drug-likeness (QED) is 0.615. The predicted molar refractivity (Wildman–Crippen MR) is 72.5 cm³/mol. The highest BCUT2D eigenvalue weighted by molar-refractivity contribution is 5.82. The molecule has 0 aromatic carbocycles. The van der Waals surface area contributed by atoms with Crippen molar-refractivity contribution in [2.24, 2.45) is 11.7 Å². The van der Waals surface area contributed by atoms with Crippen LogP contribution in [0.1, 0.15) is 26.7 Å². The first-order valence-electron chi connectivity index (χ1n) is 6.52. The van der Waals surface area contributed by atoms with E-state index in [0.717, 1.165) is 0 Å². The van der Waals surface area contributed by atoms with Crippen molar-refractivity contribution in [3.05, 3.63) is 0 Å². The summed E-state index contributed by atoms with van der Waals surface area (Å²) in [5.41, 5.74) is 5.83. The number of ether oxygens (including phenoxy) is 2. The summed E-state index contributed by atoms with van der Waals surface area (Å²) in [5, 5.41) is 0. The van der Waals surface area contributed by atoms with Crippen molar-refractivity contribution in [1.82, 2.24) is 4.90 Å². The van der Waals surface area contributed by atoms with Crippen molar-refractivity contribution in [3.63, 3.8) is 0 Å². The Morgan fingerprint density at radius 3 is 2.37 bits per heavy atom. The molecule has 0 bridgehead atoms. The number of methoxy groups -OCH3 is 2. The van der Waals surface area contributed by atoms with E-state index in [9.17, 15) is 9.59 Å². The molecule has 0 saturated heterocycles. The highest BCUT2D eigenvalue weighted by atomic mass is 16.5. The predicted octanol–water partition coefficient (Wildman–Crippen LogP) is 0.398. The first-order valence-corrected chi connectivity index (χ1v) is 6.52. The van der Waals surface area contributed by atoms with Gasteiger partial charge in [-0.3, -0.25) is 9.59 Å². The van der Waals surface area contributed by atoms with Crippen LogP contribution in [0.25, 0.3) is 0 Å². The Balaban J connectivity index is 4.45. The number of hydrogen-bond acceptors (Lipinski definition) is 5. The van der Waals surface area contributed by atoms with E-state index in [0.29, 0.717) is 32.0 Å². The van der Waals surface area contributed by atoms with Crippen molar-refractivity contribution in [3.8, 4) is 0 Å². The molecule has 0 heterocycles. The van der Waals surface area contributed by atoms with Crippen molar-refractivity contribution in [2.75, 3.05) is 33.9 Å². The average molecular weight is 274 g/mol. The summed E-state index contributed by atoms with van der Waals surface area (Å²) in [4.78, 5) is 25.0. The minimum Gasteiger partial charge on any atom is -0.469 e. The lowest BCUT2D eigenvalue weighted by Crippen LogP contribution is -2.46. The lowest BCUT2D eigenvalue weighted by atomic mass is 10.1. The molecule has 0 fully saturated rings. The Labute approximate surface area is 115 Å². The smallest absolute Gasteiger partial charge is 0.307 e. The number of nitrogens with two attached hydrogens (primary N) is 1. The van der Waals surface area contributed by atoms with Gasteiger partial charge in [0.25, 0.3) is 0 Å². The molecule has 0 radical (unpaired) electrons. The van der Waals surface area contributed by atoms with E-state index in [2.05, 4.69) is 4.74 Å². The Morgan fingerprint density at radius 2 is 1.89 bits per heavy atom. The van der Waals surface area contributed by atoms with E-state index in [1.807, 2.05) is 13.8 Å². The van der Waals surface area contributed by atoms with Crippen molar-refractivity contribution in [2.45, 2.75) is 32.7 Å². The number of hydrogen-bond donors (Lipinski definition) is 1. The monoisotopic (exact) mass is 274 g/mol. The zero-order valence-corrected chi connectivity index (χ0v) is 12.3. The molecule has 0 spiro atoms. The second kappa shape index (κ2) is 9.75. The zero-order chi connectivity index (χ0) is 14.8. The maximum atomic E-state index is 12.2. The molecule has 1 atom stereocenters. The molecule has 0 aliphatic carbocycles. The standard InChI is InChI=1S/C13H26N2O4/c1-10(2)9-15(7-5-12(16)19-4)13(17)11(14)6-8-18-3/h10-11H,5-9,14H2,1-4H3. The van der Waals surface area contributed by atoms with Crippen LogP contribution in [-0.2, 0) is 19.1 Å². The van der Waals surface area contributed by atoms with Crippen LogP contribution in [0, 0.1) is 5.92 Å². The van der Waals surface area contributed by atoms with Crippen LogP contribution in [0.4, 0.5) is 0 Å². The lowest BCUT2D eigenvalue weighted by molar-refractivity contribution is -0.142. The maximum absolute atomic E-state index is 12.2. The Kier molecular flexibility index (Phi) is 9.16. The SMILES string of the molecule is COCCC(N)C(=O)N(CCC(=O)OC)CC(C)C. The third-order valence-electron chi connectivity index (χ3n) is 2.66. The minimum absolute atomic E-state index is 0.144. The average Bonchev–Trinajstić information content (AvgIpc) is 2.38. The molecule has 0 aliphatic rings. The molecule has 0 aromatic heterocycles. The van der Waals surface area contributed by atoms with Gasteiger partial charge in [-0.25, -0.2) is 0 Å². The van der Waals surface area contributed by atoms with E-state index >= 15 is 0 Å². The Bertz CT molecular complexity index is 282. The van der Waals surface area contributed by atoms with Gasteiger partial charge in [-0.05, 0) is 12.3 Å². The summed E-state index contributed by atoms with van der Waals surface area (Å²) in [7, 11) is 2.90. The highest BCUT2D eigenvalue weighted by Gasteiger charge is 2.22. The fraction of sp³-hybridized carbons (Fsp3) is 0.846. The fourth-order valence-electron chi connectivity index (χ4n) is 1.66. The number of rotatable bonds is 9. The third-order valence-corrected chi connectivity index (χ3v) is 2.66. The highest BCUT2D eigenvalue weighted by Crippen LogP contribution is 2.05. The summed E-state index contributed by atoms with van der Waals surface area (Å²) in [6, 6.07) is -0.587. The molecular weight excluding hydrogens is 248 g/mol. The molecule has 2 N–H and O–H groups in total. The molecule has 0 aromatic rings. The molecule has 0 rings (SSSR count). The van der Waals surface area contributed by atoms with Crippen LogP contribution in [0.2, 0.25) is 0 Å². The summed E-state index contributed by atoms with van der Waals surface area (Å²) in [5.74, 6) is -0.155. The summed E-state index contributed by atoms with van der Waals surface area (Å²) >= 11 is 0. The fourth-order valence-corrected chi connectivity index (χ4v) is 1.66. The first-order chi connectivity index (χ1) is 8.92. The number of esters is 1. The van der Waals surface area contributed by atoms with Gasteiger partial charge in [0.05, 0.1) is 19.6 Å². The van der Waals surface area contributed by atoms with Gasteiger partial charge in [0, 0.05) is 26.8 Å². The van der Waals surface area contributed by atoms with E-state index < -0.39 is 6.04 Å². The van der Waals surface area contributed by atoms with E-state index in [4.69, 9.17) is 10.5 Å². The molecule has 19 heavy (non-hydrogen) atoms. The van der Waals surface area contributed by atoms with E-state index in [1.165, 1.54) is 7.11 Å². The van der Waals surface area contributed by atoms with Gasteiger partial charge >= 0.3 is 5.97 Å². The van der Waals surface area contributed by atoms with Gasteiger partial charge in [0.2, 0.25) is 5.91 Å². The van der Waals surface area contributed by atoms with Gasteiger partial charge in [-0.15, -0.1) is 0 Å². The second-order valence-electron chi connectivity index (χ2n) is 4.89. The normalized spacial score (nSPS) is 12.3. The van der Waals surface area contributed by atoms with Crippen molar-refractivity contribution < 1.29 is 19.1 Å². The second-order valence-corrected chi connectivity index (χ2v) is 4.89. The molecule has 1 unspecified atom stereocenters. The number of nitrogens with zero attached hydrogens (tertiary/aromatic N) is 1. The Morgan fingerprint density at radius 1 is 1.26 bits per heavy atom. The minimum atomic E-state index is -0.587. The summed E-state index contributed by atoms with van der Waals surface area (Å²) < 4.78 is 9.50. The van der Waals surface area contributed by atoms with Crippen LogP contribution in [0.15, 0.2) is 0 Å². The molecule has 0 saturated carbocycles. The number of amides is 1. The molecular formula is C13H26N2O4. The summed E-state index contributed by atoms with van der Waals surface area (Å²) in [6.45, 7) is 5.39. The van der Waals surface area contributed by atoms with Crippen molar-refractivity contribution >= 4 is 11.9 Å². The zero-order valence-electron chi connectivity index (χ0n) is 12.3. The van der Waals surface area contributed by atoms with Crippen LogP contribution < -0.4 is 5.73 Å². The summed E-state index contributed by atoms with van der Waals surface area (Å²) in [6.07, 6.45) is 0.661. The largest absolute Gasteiger partial charge is 0.469 e. The first kappa shape index (κ1) is 17.9. The third kappa shape index (κ3) is 7.79. The number of carbonyl (C=O) groups is 2. The van der Waals surface area contributed by atoms with Gasteiger partial charge in [-0.2, -0.15) is 0 Å².